The van der Waals surface area contributed by atoms with Gasteiger partial charge in [-0.25, -0.2) is 0 Å². The molecule has 0 N–H and O–H groups in total. The number of carbonyl (C=O) groups is 1. The topological polar surface area (TPSA) is 55.3 Å². The summed E-state index contributed by atoms with van der Waals surface area (Å²) in [5.41, 5.74) is 1.63. The maximum Gasteiger partial charge on any atom is 0.151 e. The van der Waals surface area contributed by atoms with E-state index in [0.29, 0.717) is 18.1 Å². The van der Waals surface area contributed by atoms with Crippen LogP contribution in [0, 0.1) is 12.8 Å². The van der Waals surface area contributed by atoms with Gasteiger partial charge in [-0.3, -0.25) is 4.79 Å². The molecular formula is C20H25N3O2. The zero-order chi connectivity index (χ0) is 17.5. The van der Waals surface area contributed by atoms with Gasteiger partial charge in [-0.05, 0) is 74.9 Å². The van der Waals surface area contributed by atoms with Crippen LogP contribution in [0.15, 0.2) is 36.4 Å². The minimum absolute atomic E-state index is 0.675. The highest BCUT2D eigenvalue weighted by Gasteiger charge is 2.20. The molecule has 25 heavy (non-hydrogen) atoms. The number of aromatic nitrogens is 2. The Hall–Kier alpha value is -2.43. The molecule has 0 aliphatic carbocycles. The van der Waals surface area contributed by atoms with Crippen molar-refractivity contribution in [2.24, 2.45) is 5.92 Å². The van der Waals surface area contributed by atoms with E-state index in [9.17, 15) is 4.79 Å². The van der Waals surface area contributed by atoms with Crippen LogP contribution in [0.25, 0.3) is 0 Å². The number of hydrogen-bond acceptors (Lipinski definition) is 5. The fourth-order valence-electron chi connectivity index (χ4n) is 3.27. The molecule has 0 saturated carbocycles. The third kappa shape index (κ3) is 5.02. The molecule has 1 saturated heterocycles. The van der Waals surface area contributed by atoms with Gasteiger partial charge in [0.15, 0.2) is 5.82 Å². The van der Waals surface area contributed by atoms with Crippen molar-refractivity contribution in [3.05, 3.63) is 47.7 Å². The molecule has 0 spiro atoms. The molecule has 1 aliphatic heterocycles. The highest BCUT2D eigenvalue weighted by Crippen LogP contribution is 2.24. The van der Waals surface area contributed by atoms with Crippen LogP contribution in [-0.2, 0) is 0 Å². The Balaban J connectivity index is 1.41. The average molecular weight is 339 g/mol. The quantitative estimate of drug-likeness (QED) is 0.569. The molecule has 0 radical (unpaired) electrons. The maximum absolute atomic E-state index is 10.6. The third-order valence-electron chi connectivity index (χ3n) is 4.67. The summed E-state index contributed by atoms with van der Waals surface area (Å²) in [4.78, 5) is 13.0. The number of hydrogen-bond donors (Lipinski definition) is 0. The van der Waals surface area contributed by atoms with E-state index in [4.69, 9.17) is 4.74 Å². The Kier molecular flexibility index (Phi) is 5.99. The lowest BCUT2D eigenvalue weighted by atomic mass is 9.93. The number of aldehydes is 1. The molecule has 2 heterocycles. The Labute approximate surface area is 149 Å². The standard InChI is InChI=1S/C20H25N3O2/c1-16-6-11-20(22-21-16)23-12-2-4-17(14-23)5-3-13-25-19-9-7-18(15-24)8-10-19/h6-11,15,17H,2-5,12-14H2,1H3. The van der Waals surface area contributed by atoms with Crippen LogP contribution in [0.5, 0.6) is 5.75 Å². The smallest absolute Gasteiger partial charge is 0.151 e. The molecule has 2 aromatic rings. The van der Waals surface area contributed by atoms with Crippen LogP contribution >= 0.6 is 0 Å². The van der Waals surface area contributed by atoms with Gasteiger partial charge in [-0.2, -0.15) is 5.10 Å². The first-order chi connectivity index (χ1) is 12.2. The van der Waals surface area contributed by atoms with Crippen molar-refractivity contribution in [1.29, 1.82) is 0 Å². The Bertz CT molecular complexity index is 670. The molecule has 0 amide bonds. The van der Waals surface area contributed by atoms with Gasteiger partial charge >= 0.3 is 0 Å². The number of ether oxygens (including phenoxy) is 1. The highest BCUT2D eigenvalue weighted by molar-refractivity contribution is 5.74. The molecule has 3 rings (SSSR count). The van der Waals surface area contributed by atoms with Gasteiger partial charge in [0.2, 0.25) is 0 Å². The molecule has 5 heteroatoms. The minimum atomic E-state index is 0.675. The van der Waals surface area contributed by atoms with E-state index in [1.54, 1.807) is 12.1 Å². The highest BCUT2D eigenvalue weighted by atomic mass is 16.5. The van der Waals surface area contributed by atoms with Gasteiger partial charge in [0.05, 0.1) is 12.3 Å². The van der Waals surface area contributed by atoms with Gasteiger partial charge in [-0.15, -0.1) is 5.10 Å². The molecule has 0 bridgehead atoms. The van der Waals surface area contributed by atoms with Crippen molar-refractivity contribution >= 4 is 12.1 Å². The molecule has 5 nitrogen and oxygen atoms in total. The normalized spacial score (nSPS) is 17.3. The molecule has 132 valence electrons. The van der Waals surface area contributed by atoms with Gasteiger partial charge in [0.1, 0.15) is 12.0 Å². The van der Waals surface area contributed by atoms with Crippen LogP contribution in [-0.4, -0.2) is 36.2 Å². The second-order valence-corrected chi connectivity index (χ2v) is 6.66. The van der Waals surface area contributed by atoms with Gasteiger partial charge in [-0.1, -0.05) is 0 Å². The monoisotopic (exact) mass is 339 g/mol. The fourth-order valence-corrected chi connectivity index (χ4v) is 3.27. The SMILES string of the molecule is Cc1ccc(N2CCCC(CCCOc3ccc(C=O)cc3)C2)nn1. The number of rotatable bonds is 7. The second-order valence-electron chi connectivity index (χ2n) is 6.66. The van der Waals surface area contributed by atoms with E-state index in [2.05, 4.69) is 21.2 Å². The maximum atomic E-state index is 10.6. The van der Waals surface area contributed by atoms with Crippen molar-refractivity contribution in [1.82, 2.24) is 10.2 Å². The van der Waals surface area contributed by atoms with Crippen LogP contribution in [0.2, 0.25) is 0 Å². The average Bonchev–Trinajstić information content (AvgIpc) is 2.66. The molecular weight excluding hydrogens is 314 g/mol. The lowest BCUT2D eigenvalue weighted by Gasteiger charge is -2.33. The molecule has 1 atom stereocenters. The van der Waals surface area contributed by atoms with Crippen molar-refractivity contribution in [2.75, 3.05) is 24.6 Å². The first kappa shape index (κ1) is 17.4. The summed E-state index contributed by atoms with van der Waals surface area (Å²) >= 11 is 0. The molecule has 1 aliphatic rings. The summed E-state index contributed by atoms with van der Waals surface area (Å²) in [5.74, 6) is 2.49. The summed E-state index contributed by atoms with van der Waals surface area (Å²) in [6.45, 7) is 4.78. The minimum Gasteiger partial charge on any atom is -0.494 e. The predicted molar refractivity (Wildman–Crippen MR) is 98.3 cm³/mol. The Morgan fingerprint density at radius 2 is 2.04 bits per heavy atom. The number of carbonyl (C=O) groups excluding carboxylic acids is 1. The number of nitrogens with zero attached hydrogens (tertiary/aromatic N) is 3. The summed E-state index contributed by atoms with van der Waals surface area (Å²) in [6.07, 6.45) is 5.50. The first-order valence-electron chi connectivity index (χ1n) is 8.98. The van der Waals surface area contributed by atoms with Crippen LogP contribution < -0.4 is 9.64 Å². The van der Waals surface area contributed by atoms with E-state index < -0.39 is 0 Å². The van der Waals surface area contributed by atoms with E-state index in [1.807, 2.05) is 25.1 Å². The first-order valence-corrected chi connectivity index (χ1v) is 8.98. The van der Waals surface area contributed by atoms with Crippen LogP contribution in [0.3, 0.4) is 0 Å². The summed E-state index contributed by atoms with van der Waals surface area (Å²) in [6, 6.07) is 11.4. The van der Waals surface area contributed by atoms with Crippen molar-refractivity contribution in [2.45, 2.75) is 32.6 Å². The lowest BCUT2D eigenvalue weighted by Crippen LogP contribution is -2.36. The summed E-state index contributed by atoms with van der Waals surface area (Å²) in [5, 5.41) is 8.48. The lowest BCUT2D eigenvalue weighted by molar-refractivity contribution is 0.112. The largest absolute Gasteiger partial charge is 0.494 e. The zero-order valence-electron chi connectivity index (χ0n) is 14.7. The molecule has 1 aromatic carbocycles. The third-order valence-corrected chi connectivity index (χ3v) is 4.67. The summed E-state index contributed by atoms with van der Waals surface area (Å²) in [7, 11) is 0. The molecule has 1 fully saturated rings. The Morgan fingerprint density at radius 3 is 2.76 bits per heavy atom. The van der Waals surface area contributed by atoms with Crippen molar-refractivity contribution in [3.63, 3.8) is 0 Å². The number of anilines is 1. The number of aryl methyl sites for hydroxylation is 1. The van der Waals surface area contributed by atoms with Crippen molar-refractivity contribution in [3.8, 4) is 5.75 Å². The van der Waals surface area contributed by atoms with Crippen LogP contribution in [0.1, 0.15) is 41.7 Å². The second kappa shape index (κ2) is 8.60. The van der Waals surface area contributed by atoms with Gasteiger partial charge in [0.25, 0.3) is 0 Å². The zero-order valence-corrected chi connectivity index (χ0v) is 14.7. The van der Waals surface area contributed by atoms with E-state index in [0.717, 1.165) is 49.5 Å². The van der Waals surface area contributed by atoms with E-state index in [1.165, 1.54) is 12.8 Å². The van der Waals surface area contributed by atoms with Crippen LogP contribution in [0.4, 0.5) is 5.82 Å². The number of benzene rings is 1. The number of piperidine rings is 1. The molecule has 1 unspecified atom stereocenters. The van der Waals surface area contributed by atoms with Gasteiger partial charge in [0, 0.05) is 18.7 Å². The molecule has 1 aromatic heterocycles. The Morgan fingerprint density at radius 1 is 1.20 bits per heavy atom. The van der Waals surface area contributed by atoms with E-state index >= 15 is 0 Å². The van der Waals surface area contributed by atoms with E-state index in [-0.39, 0.29) is 0 Å². The predicted octanol–water partition coefficient (Wildman–Crippen LogP) is 3.67. The fraction of sp³-hybridized carbons (Fsp3) is 0.450. The van der Waals surface area contributed by atoms with Crippen molar-refractivity contribution < 1.29 is 9.53 Å². The summed E-state index contributed by atoms with van der Waals surface area (Å²) < 4.78 is 5.77. The van der Waals surface area contributed by atoms with Gasteiger partial charge < -0.3 is 9.64 Å².